The van der Waals surface area contributed by atoms with E-state index in [2.05, 4.69) is 5.92 Å². The Labute approximate surface area is 153 Å². The second-order valence-corrected chi connectivity index (χ2v) is 6.50. The Morgan fingerprint density at radius 1 is 1.15 bits per heavy atom. The summed E-state index contributed by atoms with van der Waals surface area (Å²) in [4.78, 5) is 14.3. The maximum atomic E-state index is 13.1. The largest absolute Gasteiger partial charge is 0.370 e. The van der Waals surface area contributed by atoms with Crippen molar-refractivity contribution in [3.63, 3.8) is 0 Å². The Morgan fingerprint density at radius 2 is 1.85 bits per heavy atom. The van der Waals surface area contributed by atoms with Crippen molar-refractivity contribution in [1.29, 1.82) is 0 Å². The predicted molar refractivity (Wildman–Crippen MR) is 100 cm³/mol. The van der Waals surface area contributed by atoms with Crippen molar-refractivity contribution in [2.75, 3.05) is 18.1 Å². The fraction of sp³-hybridized carbons (Fsp3) is 0.318. The molecule has 2 aromatic rings. The molecule has 0 radical (unpaired) electrons. The summed E-state index contributed by atoms with van der Waals surface area (Å²) in [6.07, 6.45) is 7.42. The molecule has 26 heavy (non-hydrogen) atoms. The minimum Gasteiger partial charge on any atom is -0.370 e. The number of ether oxygens (including phenoxy) is 1. The van der Waals surface area contributed by atoms with E-state index in [1.165, 1.54) is 12.1 Å². The summed E-state index contributed by atoms with van der Waals surface area (Å²) in [5.41, 5.74) is 2.93. The first kappa shape index (κ1) is 18.2. The van der Waals surface area contributed by atoms with Gasteiger partial charge in [0.25, 0.3) is 0 Å². The topological polar surface area (TPSA) is 29.5 Å². The maximum Gasteiger partial charge on any atom is 0.165 e. The monoisotopic (exact) mass is 351 g/mol. The van der Waals surface area contributed by atoms with Crippen molar-refractivity contribution in [1.82, 2.24) is 0 Å². The Kier molecular flexibility index (Phi) is 6.04. The van der Waals surface area contributed by atoms with E-state index in [1.54, 1.807) is 12.1 Å². The van der Waals surface area contributed by atoms with E-state index in [0.29, 0.717) is 26.1 Å². The van der Waals surface area contributed by atoms with Gasteiger partial charge in [-0.2, -0.15) is 0 Å². The molecule has 1 fully saturated rings. The lowest BCUT2D eigenvalue weighted by molar-refractivity contribution is -0.127. The predicted octanol–water partition coefficient (Wildman–Crippen LogP) is 3.76. The number of anilines is 1. The van der Waals surface area contributed by atoms with Crippen LogP contribution >= 0.6 is 0 Å². The van der Waals surface area contributed by atoms with E-state index < -0.39 is 0 Å². The van der Waals surface area contributed by atoms with E-state index in [-0.39, 0.29) is 17.7 Å². The second-order valence-electron chi connectivity index (χ2n) is 6.50. The number of rotatable bonds is 7. The van der Waals surface area contributed by atoms with Crippen LogP contribution in [0.15, 0.2) is 48.5 Å². The normalized spacial score (nSPS) is 16.2. The summed E-state index contributed by atoms with van der Waals surface area (Å²) in [5, 5.41) is 0. The van der Waals surface area contributed by atoms with Gasteiger partial charge in [0, 0.05) is 25.3 Å². The van der Waals surface area contributed by atoms with Gasteiger partial charge in [0.15, 0.2) is 5.78 Å². The van der Waals surface area contributed by atoms with Gasteiger partial charge < -0.3 is 9.64 Å². The third-order valence-electron chi connectivity index (χ3n) is 4.54. The highest BCUT2D eigenvalue weighted by Gasteiger charge is 2.23. The van der Waals surface area contributed by atoms with Crippen LogP contribution < -0.4 is 4.90 Å². The molecule has 4 heteroatoms. The zero-order valence-electron chi connectivity index (χ0n) is 14.7. The van der Waals surface area contributed by atoms with Crippen LogP contribution in [0.2, 0.25) is 0 Å². The van der Waals surface area contributed by atoms with Crippen LogP contribution in [0.4, 0.5) is 10.1 Å². The molecule has 0 saturated carbocycles. The number of halogens is 1. The lowest BCUT2D eigenvalue weighted by Gasteiger charge is -2.23. The summed E-state index contributed by atoms with van der Waals surface area (Å²) in [6.45, 7) is 1.73. The SMILES string of the molecule is C#CCN(Cc1ccc(F)cc1)c1ccc(CC(=O)C2CCCO2)cc1. The van der Waals surface area contributed by atoms with Crippen LogP contribution in [0.5, 0.6) is 0 Å². The number of benzene rings is 2. The molecule has 0 N–H and O–H groups in total. The summed E-state index contributed by atoms with van der Waals surface area (Å²) in [5.74, 6) is 2.55. The molecule has 0 bridgehead atoms. The van der Waals surface area contributed by atoms with Gasteiger partial charge in [0.05, 0.1) is 6.54 Å². The van der Waals surface area contributed by atoms with Crippen molar-refractivity contribution in [3.05, 3.63) is 65.5 Å². The minimum absolute atomic E-state index is 0.141. The Hall–Kier alpha value is -2.64. The summed E-state index contributed by atoms with van der Waals surface area (Å²) in [6, 6.07) is 14.3. The molecule has 1 atom stereocenters. The second kappa shape index (κ2) is 8.64. The van der Waals surface area contributed by atoms with Gasteiger partial charge in [-0.15, -0.1) is 6.42 Å². The van der Waals surface area contributed by atoms with E-state index in [9.17, 15) is 9.18 Å². The molecule has 1 aliphatic heterocycles. The maximum absolute atomic E-state index is 13.1. The molecule has 2 aromatic carbocycles. The van der Waals surface area contributed by atoms with Crippen LogP contribution in [0.1, 0.15) is 24.0 Å². The van der Waals surface area contributed by atoms with Crippen molar-refractivity contribution >= 4 is 11.5 Å². The van der Waals surface area contributed by atoms with E-state index in [4.69, 9.17) is 11.2 Å². The molecule has 0 spiro atoms. The number of carbonyl (C=O) groups excluding carboxylic acids is 1. The Morgan fingerprint density at radius 3 is 2.46 bits per heavy atom. The highest BCUT2D eigenvalue weighted by atomic mass is 19.1. The molecule has 1 aliphatic rings. The smallest absolute Gasteiger partial charge is 0.165 e. The first-order valence-corrected chi connectivity index (χ1v) is 8.82. The van der Waals surface area contributed by atoms with Crippen LogP contribution in [0.25, 0.3) is 0 Å². The number of hydrogen-bond donors (Lipinski definition) is 0. The highest BCUT2D eigenvalue weighted by Crippen LogP contribution is 2.20. The van der Waals surface area contributed by atoms with E-state index >= 15 is 0 Å². The van der Waals surface area contributed by atoms with E-state index in [0.717, 1.165) is 29.7 Å². The molecule has 1 heterocycles. The molecule has 134 valence electrons. The summed E-state index contributed by atoms with van der Waals surface area (Å²) >= 11 is 0. The first-order valence-electron chi connectivity index (χ1n) is 8.82. The molecule has 3 rings (SSSR count). The molecule has 1 saturated heterocycles. The first-order chi connectivity index (χ1) is 12.7. The summed E-state index contributed by atoms with van der Waals surface area (Å²) in [7, 11) is 0. The molecule has 3 nitrogen and oxygen atoms in total. The number of ketones is 1. The Balaban J connectivity index is 1.66. The third kappa shape index (κ3) is 4.71. The molecule has 0 aromatic heterocycles. The zero-order chi connectivity index (χ0) is 18.4. The van der Waals surface area contributed by atoms with Gasteiger partial charge in [-0.3, -0.25) is 4.79 Å². The fourth-order valence-corrected chi connectivity index (χ4v) is 3.13. The molecule has 1 unspecified atom stereocenters. The van der Waals surface area contributed by atoms with Gasteiger partial charge in [0.1, 0.15) is 11.9 Å². The fourth-order valence-electron chi connectivity index (χ4n) is 3.13. The van der Waals surface area contributed by atoms with Crippen LogP contribution in [-0.4, -0.2) is 25.0 Å². The lowest BCUT2D eigenvalue weighted by atomic mass is 10.0. The van der Waals surface area contributed by atoms with Gasteiger partial charge in [0.2, 0.25) is 0 Å². The standard InChI is InChI=1S/C22H22FNO2/c1-2-13-24(16-18-5-9-19(23)10-6-18)20-11-7-17(8-12-20)15-21(25)22-4-3-14-26-22/h1,5-12,22H,3-4,13-16H2. The molecular weight excluding hydrogens is 329 g/mol. The van der Waals surface area contributed by atoms with Crippen LogP contribution in [0, 0.1) is 18.2 Å². The number of nitrogens with zero attached hydrogens (tertiary/aromatic N) is 1. The average molecular weight is 351 g/mol. The molecular formula is C22H22FNO2. The van der Waals surface area contributed by atoms with Crippen molar-refractivity contribution in [2.24, 2.45) is 0 Å². The van der Waals surface area contributed by atoms with E-state index in [1.807, 2.05) is 29.2 Å². The number of carbonyl (C=O) groups is 1. The lowest BCUT2D eigenvalue weighted by Crippen LogP contribution is -2.23. The molecule has 0 aliphatic carbocycles. The van der Waals surface area contributed by atoms with Gasteiger partial charge in [-0.25, -0.2) is 4.39 Å². The highest BCUT2D eigenvalue weighted by molar-refractivity contribution is 5.85. The zero-order valence-corrected chi connectivity index (χ0v) is 14.7. The van der Waals surface area contributed by atoms with Gasteiger partial charge in [-0.1, -0.05) is 30.2 Å². The van der Waals surface area contributed by atoms with Crippen molar-refractivity contribution in [3.8, 4) is 12.3 Å². The van der Waals surface area contributed by atoms with Gasteiger partial charge >= 0.3 is 0 Å². The van der Waals surface area contributed by atoms with Gasteiger partial charge in [-0.05, 0) is 48.2 Å². The average Bonchev–Trinajstić information content (AvgIpc) is 3.19. The number of terminal acetylenes is 1. The van der Waals surface area contributed by atoms with Crippen LogP contribution in [-0.2, 0) is 22.5 Å². The molecule has 0 amide bonds. The van der Waals surface area contributed by atoms with Crippen molar-refractivity contribution < 1.29 is 13.9 Å². The third-order valence-corrected chi connectivity index (χ3v) is 4.54. The van der Waals surface area contributed by atoms with Crippen molar-refractivity contribution in [2.45, 2.75) is 31.9 Å². The minimum atomic E-state index is -0.252. The van der Waals surface area contributed by atoms with Crippen LogP contribution in [0.3, 0.4) is 0 Å². The number of hydrogen-bond acceptors (Lipinski definition) is 3. The Bertz CT molecular complexity index is 771. The number of Topliss-reactive ketones (excluding diaryl/α,β-unsaturated/α-hetero) is 1. The summed E-state index contributed by atoms with van der Waals surface area (Å²) < 4.78 is 18.5. The quantitative estimate of drug-likeness (QED) is 0.712.